The summed E-state index contributed by atoms with van der Waals surface area (Å²) in [5, 5.41) is 10.5. The van der Waals surface area contributed by atoms with Crippen LogP contribution in [0.2, 0.25) is 0 Å². The second kappa shape index (κ2) is 7.45. The molecule has 1 saturated heterocycles. The van der Waals surface area contributed by atoms with Gasteiger partial charge in [-0.3, -0.25) is 9.59 Å². The Hall–Kier alpha value is -2.41. The molecule has 0 spiro atoms. The lowest BCUT2D eigenvalue weighted by atomic mass is 9.89. The van der Waals surface area contributed by atoms with Gasteiger partial charge in [-0.25, -0.2) is 4.98 Å². The van der Waals surface area contributed by atoms with E-state index in [1.807, 2.05) is 38.1 Å². The zero-order chi connectivity index (χ0) is 18.8. The Labute approximate surface area is 156 Å². The lowest BCUT2D eigenvalue weighted by Crippen LogP contribution is -2.30. The van der Waals surface area contributed by atoms with Crippen molar-refractivity contribution in [1.82, 2.24) is 9.88 Å². The van der Waals surface area contributed by atoms with Gasteiger partial charge in [0.1, 0.15) is 10.6 Å². The van der Waals surface area contributed by atoms with Crippen LogP contribution in [-0.4, -0.2) is 47.1 Å². The first kappa shape index (κ1) is 18.4. The Morgan fingerprint density at radius 1 is 1.38 bits per heavy atom. The van der Waals surface area contributed by atoms with Crippen LogP contribution in [0.15, 0.2) is 24.3 Å². The van der Waals surface area contributed by atoms with E-state index >= 15 is 0 Å². The number of thiazole rings is 1. The van der Waals surface area contributed by atoms with E-state index in [2.05, 4.69) is 4.98 Å². The predicted molar refractivity (Wildman–Crippen MR) is 99.0 cm³/mol. The van der Waals surface area contributed by atoms with E-state index in [-0.39, 0.29) is 18.4 Å². The van der Waals surface area contributed by atoms with E-state index in [0.717, 1.165) is 16.3 Å². The third-order valence-corrected chi connectivity index (χ3v) is 5.78. The minimum atomic E-state index is -0.885. The lowest BCUT2D eigenvalue weighted by Gasteiger charge is -2.16. The van der Waals surface area contributed by atoms with Crippen LogP contribution in [0.5, 0.6) is 5.75 Å². The first-order valence-corrected chi connectivity index (χ1v) is 9.38. The fourth-order valence-corrected chi connectivity index (χ4v) is 4.43. The average molecular weight is 374 g/mol. The molecule has 0 aliphatic carbocycles. The first-order valence-electron chi connectivity index (χ1n) is 8.56. The summed E-state index contributed by atoms with van der Waals surface area (Å²) in [5.41, 5.74) is 1.66. The average Bonchev–Trinajstić information content (AvgIpc) is 3.25. The van der Waals surface area contributed by atoms with Gasteiger partial charge in [-0.15, -0.1) is 11.3 Å². The van der Waals surface area contributed by atoms with E-state index < -0.39 is 11.9 Å². The Bertz CT molecular complexity index is 833. The molecule has 2 atom stereocenters. The highest BCUT2D eigenvalue weighted by Gasteiger charge is 2.41. The maximum Gasteiger partial charge on any atom is 0.308 e. The maximum absolute atomic E-state index is 13.0. The number of likely N-dealkylation sites (tertiary alicyclic amines) is 1. The Balaban J connectivity index is 1.89. The number of benzene rings is 1. The van der Waals surface area contributed by atoms with E-state index in [0.29, 0.717) is 23.6 Å². The summed E-state index contributed by atoms with van der Waals surface area (Å²) >= 11 is 1.38. The highest BCUT2D eigenvalue weighted by atomic mass is 32.1. The molecule has 26 heavy (non-hydrogen) atoms. The quantitative estimate of drug-likeness (QED) is 0.870. The summed E-state index contributed by atoms with van der Waals surface area (Å²) in [4.78, 5) is 31.5. The zero-order valence-electron chi connectivity index (χ0n) is 15.1. The molecule has 1 N–H and O–H groups in total. The van der Waals surface area contributed by atoms with Gasteiger partial charge < -0.3 is 14.7 Å². The number of aryl methyl sites for hydroxylation is 2. The molecule has 3 rings (SSSR count). The minimum absolute atomic E-state index is 0.121. The molecular formula is C19H22N2O4S. The van der Waals surface area contributed by atoms with Crippen LogP contribution in [0.4, 0.5) is 0 Å². The normalized spacial score (nSPS) is 19.6. The number of hydrogen-bond donors (Lipinski definition) is 1. The number of aromatic nitrogens is 1. The molecule has 1 amide bonds. The third kappa shape index (κ3) is 3.44. The van der Waals surface area contributed by atoms with Gasteiger partial charge in [0.2, 0.25) is 0 Å². The van der Waals surface area contributed by atoms with Crippen molar-refractivity contribution in [3.63, 3.8) is 0 Å². The van der Waals surface area contributed by atoms with Crippen molar-refractivity contribution >= 4 is 23.2 Å². The van der Waals surface area contributed by atoms with E-state index in [4.69, 9.17) is 4.74 Å². The van der Waals surface area contributed by atoms with Crippen LogP contribution in [-0.2, 0) is 11.2 Å². The van der Waals surface area contributed by atoms with Crippen LogP contribution in [0.3, 0.4) is 0 Å². The van der Waals surface area contributed by atoms with Crippen LogP contribution in [0.25, 0.3) is 0 Å². The monoisotopic (exact) mass is 374 g/mol. The third-order valence-electron chi connectivity index (χ3n) is 4.78. The van der Waals surface area contributed by atoms with Crippen molar-refractivity contribution in [2.24, 2.45) is 5.92 Å². The van der Waals surface area contributed by atoms with Crippen molar-refractivity contribution in [1.29, 1.82) is 0 Å². The summed E-state index contributed by atoms with van der Waals surface area (Å²) in [5.74, 6) is -1.22. The smallest absolute Gasteiger partial charge is 0.308 e. The number of carboxylic acids is 1. The molecule has 1 aliphatic rings. The zero-order valence-corrected chi connectivity index (χ0v) is 15.9. The lowest BCUT2D eigenvalue weighted by molar-refractivity contribution is -0.141. The van der Waals surface area contributed by atoms with Gasteiger partial charge in [0, 0.05) is 19.0 Å². The van der Waals surface area contributed by atoms with Gasteiger partial charge in [0.25, 0.3) is 5.91 Å². The largest absolute Gasteiger partial charge is 0.497 e. The molecule has 1 fully saturated rings. The van der Waals surface area contributed by atoms with Gasteiger partial charge in [0.05, 0.1) is 23.7 Å². The molecule has 0 unspecified atom stereocenters. The van der Waals surface area contributed by atoms with Crippen molar-refractivity contribution in [2.45, 2.75) is 26.2 Å². The summed E-state index contributed by atoms with van der Waals surface area (Å²) in [7, 11) is 1.58. The fraction of sp³-hybridized carbons (Fsp3) is 0.421. The van der Waals surface area contributed by atoms with Gasteiger partial charge in [-0.05, 0) is 31.0 Å². The first-order chi connectivity index (χ1) is 12.4. The van der Waals surface area contributed by atoms with E-state index in [1.54, 1.807) is 12.0 Å². The summed E-state index contributed by atoms with van der Waals surface area (Å²) in [6.07, 6.45) is 0.681. The number of ether oxygens (including phenoxy) is 1. The summed E-state index contributed by atoms with van der Waals surface area (Å²) < 4.78 is 5.25. The number of carbonyl (C=O) groups is 2. The van der Waals surface area contributed by atoms with Crippen LogP contribution in [0, 0.1) is 12.8 Å². The van der Waals surface area contributed by atoms with Gasteiger partial charge in [-0.1, -0.05) is 19.1 Å². The number of nitrogens with zero attached hydrogens (tertiary/aromatic N) is 2. The summed E-state index contributed by atoms with van der Waals surface area (Å²) in [6.45, 7) is 4.43. The molecule has 1 aliphatic heterocycles. The Kier molecular flexibility index (Phi) is 5.27. The molecule has 1 aromatic carbocycles. The van der Waals surface area contributed by atoms with Crippen molar-refractivity contribution in [3.8, 4) is 5.75 Å². The number of methoxy groups -OCH3 is 1. The number of carboxylic acid groups (broad SMARTS) is 1. The van der Waals surface area contributed by atoms with Crippen LogP contribution >= 0.6 is 11.3 Å². The van der Waals surface area contributed by atoms with Crippen LogP contribution < -0.4 is 4.74 Å². The number of hydrogen-bond acceptors (Lipinski definition) is 5. The molecule has 6 nitrogen and oxygen atoms in total. The van der Waals surface area contributed by atoms with Gasteiger partial charge in [0.15, 0.2) is 0 Å². The highest BCUT2D eigenvalue weighted by Crippen LogP contribution is 2.36. The second-order valence-electron chi connectivity index (χ2n) is 6.40. The maximum atomic E-state index is 13.0. The van der Waals surface area contributed by atoms with Crippen molar-refractivity contribution in [3.05, 3.63) is 45.4 Å². The number of rotatable bonds is 5. The van der Waals surface area contributed by atoms with Crippen LogP contribution in [0.1, 0.15) is 38.8 Å². The standard InChI is InChI=1S/C19H22N2O4S/c1-4-16-17(26-11(2)20-16)18(22)21-9-14(15(10-21)19(23)24)12-6-5-7-13(8-12)25-3/h5-8,14-15H,4,9-10H2,1-3H3,(H,23,24)/t14-,15+/m1/s1. The van der Waals surface area contributed by atoms with Gasteiger partial charge in [-0.2, -0.15) is 0 Å². The Morgan fingerprint density at radius 3 is 2.81 bits per heavy atom. The molecule has 0 saturated carbocycles. The SMILES string of the molecule is CCc1nc(C)sc1C(=O)N1C[C@H](C(=O)O)[C@@H](c2cccc(OC)c2)C1. The molecule has 0 bridgehead atoms. The molecule has 2 aromatic rings. The molecule has 138 valence electrons. The molecular weight excluding hydrogens is 352 g/mol. The van der Waals surface area contributed by atoms with E-state index in [1.165, 1.54) is 11.3 Å². The van der Waals surface area contributed by atoms with E-state index in [9.17, 15) is 14.7 Å². The molecule has 0 radical (unpaired) electrons. The molecule has 7 heteroatoms. The number of carbonyl (C=O) groups excluding carboxylic acids is 1. The second-order valence-corrected chi connectivity index (χ2v) is 7.60. The predicted octanol–water partition coefficient (Wildman–Crippen LogP) is 2.96. The molecule has 2 heterocycles. The van der Waals surface area contributed by atoms with Crippen molar-refractivity contribution < 1.29 is 19.4 Å². The highest BCUT2D eigenvalue weighted by molar-refractivity contribution is 7.13. The fourth-order valence-electron chi connectivity index (χ4n) is 3.45. The van der Waals surface area contributed by atoms with Crippen molar-refractivity contribution in [2.75, 3.05) is 20.2 Å². The Morgan fingerprint density at radius 2 is 2.15 bits per heavy atom. The number of aliphatic carboxylic acids is 1. The molecule has 1 aromatic heterocycles. The minimum Gasteiger partial charge on any atom is -0.497 e. The number of amides is 1. The van der Waals surface area contributed by atoms with Gasteiger partial charge >= 0.3 is 5.97 Å². The summed E-state index contributed by atoms with van der Waals surface area (Å²) in [6, 6.07) is 7.42. The topological polar surface area (TPSA) is 79.7 Å².